The van der Waals surface area contributed by atoms with E-state index in [4.69, 9.17) is 28.9 Å². The Balaban J connectivity index is 0.00000323. The molecule has 2 heterocycles. The Morgan fingerprint density at radius 2 is 1.42 bits per heavy atom. The first-order valence-electron chi connectivity index (χ1n) is 13.6. The molecule has 5 N–H and O–H groups in total. The van der Waals surface area contributed by atoms with Crippen molar-refractivity contribution in [2.24, 2.45) is 5.73 Å². The van der Waals surface area contributed by atoms with Gasteiger partial charge in [0.1, 0.15) is 0 Å². The highest BCUT2D eigenvalue weighted by molar-refractivity contribution is 6.36. The molecule has 13 heteroatoms. The van der Waals surface area contributed by atoms with E-state index in [-0.39, 0.29) is 76.0 Å². The molecule has 0 aliphatic carbocycles. The first-order valence-corrected chi connectivity index (χ1v) is 14.3. The second-order valence-corrected chi connectivity index (χ2v) is 10.9. The number of allylic oxidation sites excluding steroid dienone is 1. The highest BCUT2D eigenvalue weighted by Gasteiger charge is 2.41. The minimum absolute atomic E-state index is 0. The van der Waals surface area contributed by atoms with Gasteiger partial charge in [-0.25, -0.2) is 9.59 Å². The quantitative estimate of drug-likeness (QED) is 0.269. The van der Waals surface area contributed by atoms with Gasteiger partial charge in [0.05, 0.1) is 23.5 Å². The summed E-state index contributed by atoms with van der Waals surface area (Å²) in [5.74, 6) is -4.17. The van der Waals surface area contributed by atoms with Crippen LogP contribution >= 0.6 is 48.0 Å². The molecule has 2 aliphatic rings. The standard InChI is InChI=1S/C30H34Cl2N4O5.2ClH/c31-20-8-4-9-21(32)25(20)28-26(29(38)39)22(11-10-19-6-2-1-3-7-19)34-23(27(28)30(40)41)18-24(37)36-16-14-35(15-17-36)13-5-12-33;;/h1-4,6-9,28,34H,5,10-18,33H2,(H,38,39)(H,40,41);2*1H. The number of nitrogens with two attached hydrogens (primary N) is 1. The van der Waals surface area contributed by atoms with Gasteiger partial charge >= 0.3 is 11.9 Å². The number of benzene rings is 2. The SMILES string of the molecule is Cl.Cl.NCCCN1CCN(C(=O)CC2=C(C(=O)O)C(c3c(Cl)cccc3Cl)C(C(=O)O)=C(CCc3ccccc3)N2)CC1. The van der Waals surface area contributed by atoms with Gasteiger partial charge in [0, 0.05) is 53.2 Å². The average molecular weight is 674 g/mol. The zero-order valence-electron chi connectivity index (χ0n) is 23.4. The summed E-state index contributed by atoms with van der Waals surface area (Å²) in [4.78, 5) is 43.0. The zero-order valence-corrected chi connectivity index (χ0v) is 26.6. The highest BCUT2D eigenvalue weighted by Crippen LogP contribution is 2.45. The summed E-state index contributed by atoms with van der Waals surface area (Å²) in [6, 6.07) is 14.2. The monoisotopic (exact) mass is 672 g/mol. The van der Waals surface area contributed by atoms with Crippen molar-refractivity contribution in [2.75, 3.05) is 39.3 Å². The van der Waals surface area contributed by atoms with E-state index < -0.39 is 17.9 Å². The van der Waals surface area contributed by atoms with Crippen LogP contribution in [-0.4, -0.2) is 77.1 Å². The molecule has 0 spiro atoms. The molecule has 1 fully saturated rings. The Labute approximate surface area is 273 Å². The van der Waals surface area contributed by atoms with Crippen LogP contribution < -0.4 is 11.1 Å². The van der Waals surface area contributed by atoms with Gasteiger partial charge in [-0.1, -0.05) is 59.6 Å². The molecule has 234 valence electrons. The van der Waals surface area contributed by atoms with Crippen LogP contribution in [0.4, 0.5) is 0 Å². The van der Waals surface area contributed by atoms with E-state index in [9.17, 15) is 24.6 Å². The summed E-state index contributed by atoms with van der Waals surface area (Å²) in [5.41, 5.74) is 6.84. The number of carbonyl (C=O) groups is 3. The van der Waals surface area contributed by atoms with Gasteiger partial charge < -0.3 is 26.2 Å². The summed E-state index contributed by atoms with van der Waals surface area (Å²) in [6.45, 7) is 3.89. The molecule has 9 nitrogen and oxygen atoms in total. The molecule has 4 rings (SSSR count). The smallest absolute Gasteiger partial charge is 0.334 e. The minimum atomic E-state index is -1.35. The average Bonchev–Trinajstić information content (AvgIpc) is 2.95. The lowest BCUT2D eigenvalue weighted by atomic mass is 9.78. The van der Waals surface area contributed by atoms with Crippen molar-refractivity contribution >= 4 is 65.9 Å². The van der Waals surface area contributed by atoms with Crippen LogP contribution in [-0.2, 0) is 20.8 Å². The minimum Gasteiger partial charge on any atom is -0.478 e. The van der Waals surface area contributed by atoms with E-state index in [2.05, 4.69) is 10.2 Å². The molecule has 2 aromatic rings. The Hall–Kier alpha value is -2.79. The third-order valence-corrected chi connectivity index (χ3v) is 8.18. The number of dihydropyridines is 1. The van der Waals surface area contributed by atoms with E-state index in [1.54, 1.807) is 23.1 Å². The van der Waals surface area contributed by atoms with Crippen molar-refractivity contribution in [1.29, 1.82) is 0 Å². The number of aliphatic carboxylic acids is 2. The van der Waals surface area contributed by atoms with Crippen LogP contribution in [0.25, 0.3) is 0 Å². The number of rotatable bonds is 11. The third kappa shape index (κ3) is 8.88. The highest BCUT2D eigenvalue weighted by atomic mass is 35.5. The van der Waals surface area contributed by atoms with Crippen molar-refractivity contribution in [3.63, 3.8) is 0 Å². The molecule has 0 radical (unpaired) electrons. The fourth-order valence-electron chi connectivity index (χ4n) is 5.44. The molecule has 1 unspecified atom stereocenters. The number of nitrogens with one attached hydrogen (secondary N) is 1. The fraction of sp³-hybridized carbons (Fsp3) is 0.367. The number of hydrogen-bond donors (Lipinski definition) is 4. The predicted octanol–water partition coefficient (Wildman–Crippen LogP) is 4.72. The Morgan fingerprint density at radius 3 is 1.98 bits per heavy atom. The third-order valence-electron chi connectivity index (χ3n) is 7.52. The van der Waals surface area contributed by atoms with Crippen LogP contribution in [0.3, 0.4) is 0 Å². The van der Waals surface area contributed by atoms with Crippen molar-refractivity contribution in [3.8, 4) is 0 Å². The Bertz CT molecular complexity index is 1340. The topological polar surface area (TPSA) is 136 Å². The van der Waals surface area contributed by atoms with E-state index in [0.717, 1.165) is 18.5 Å². The number of carboxylic acids is 2. The van der Waals surface area contributed by atoms with Crippen molar-refractivity contribution in [2.45, 2.75) is 31.6 Å². The molecular formula is C30H36Cl4N4O5. The van der Waals surface area contributed by atoms with Crippen molar-refractivity contribution < 1.29 is 24.6 Å². The maximum Gasteiger partial charge on any atom is 0.334 e. The molecule has 0 aromatic heterocycles. The number of nitrogens with zero attached hydrogens (tertiary/aromatic N) is 2. The lowest BCUT2D eigenvalue weighted by Gasteiger charge is -2.36. The van der Waals surface area contributed by atoms with Gasteiger partial charge in [0.25, 0.3) is 0 Å². The van der Waals surface area contributed by atoms with Gasteiger partial charge in [-0.05, 0) is 50.0 Å². The second kappa shape index (κ2) is 16.9. The zero-order chi connectivity index (χ0) is 29.5. The lowest BCUT2D eigenvalue weighted by Crippen LogP contribution is -2.49. The number of amides is 1. The summed E-state index contributed by atoms with van der Waals surface area (Å²) >= 11 is 13.0. The number of piperazine rings is 1. The largest absolute Gasteiger partial charge is 0.478 e. The summed E-state index contributed by atoms with van der Waals surface area (Å²) in [5, 5.41) is 24.2. The fourth-order valence-corrected chi connectivity index (χ4v) is 6.05. The molecule has 2 aliphatic heterocycles. The van der Waals surface area contributed by atoms with Crippen LogP contribution in [0, 0.1) is 0 Å². The molecule has 0 bridgehead atoms. The second-order valence-electron chi connectivity index (χ2n) is 10.1. The lowest BCUT2D eigenvalue weighted by molar-refractivity contribution is -0.133. The van der Waals surface area contributed by atoms with Gasteiger partial charge in [-0.15, -0.1) is 24.8 Å². The van der Waals surface area contributed by atoms with Gasteiger partial charge in [-0.2, -0.15) is 0 Å². The van der Waals surface area contributed by atoms with Gasteiger partial charge in [0.2, 0.25) is 5.91 Å². The van der Waals surface area contributed by atoms with Gasteiger partial charge in [-0.3, -0.25) is 9.69 Å². The number of hydrogen-bond acceptors (Lipinski definition) is 6. The number of aryl methyl sites for hydroxylation is 1. The first-order chi connectivity index (χ1) is 19.7. The first kappa shape index (κ1) is 36.4. The van der Waals surface area contributed by atoms with Crippen LogP contribution in [0.1, 0.15) is 36.3 Å². The van der Waals surface area contributed by atoms with Crippen molar-refractivity contribution in [3.05, 3.63) is 92.2 Å². The van der Waals surface area contributed by atoms with E-state index >= 15 is 0 Å². The number of halogens is 4. The molecule has 1 atom stereocenters. The molecule has 1 saturated heterocycles. The molecular weight excluding hydrogens is 638 g/mol. The molecule has 1 amide bonds. The summed E-state index contributed by atoms with van der Waals surface area (Å²) in [7, 11) is 0. The maximum absolute atomic E-state index is 13.5. The molecule has 2 aromatic carbocycles. The van der Waals surface area contributed by atoms with E-state index in [1.165, 1.54) is 0 Å². The van der Waals surface area contributed by atoms with Crippen LogP contribution in [0.15, 0.2) is 71.1 Å². The summed E-state index contributed by atoms with van der Waals surface area (Å²) in [6.07, 6.45) is 1.42. The predicted molar refractivity (Wildman–Crippen MR) is 172 cm³/mol. The summed E-state index contributed by atoms with van der Waals surface area (Å²) < 4.78 is 0. The van der Waals surface area contributed by atoms with E-state index in [0.29, 0.717) is 44.8 Å². The number of carbonyl (C=O) groups excluding carboxylic acids is 1. The van der Waals surface area contributed by atoms with Gasteiger partial charge in [0.15, 0.2) is 0 Å². The van der Waals surface area contributed by atoms with E-state index in [1.807, 2.05) is 30.3 Å². The maximum atomic E-state index is 13.5. The normalized spacial score (nSPS) is 17.1. The van der Waals surface area contributed by atoms with Crippen molar-refractivity contribution in [1.82, 2.24) is 15.1 Å². The number of carboxylic acid groups (broad SMARTS) is 2. The molecule has 0 saturated carbocycles. The Morgan fingerprint density at radius 1 is 0.837 bits per heavy atom. The van der Waals surface area contributed by atoms with Crippen LogP contribution in [0.5, 0.6) is 0 Å². The Kier molecular flexibility index (Phi) is 14.3. The molecule has 43 heavy (non-hydrogen) atoms. The van der Waals surface area contributed by atoms with Crippen LogP contribution in [0.2, 0.25) is 10.0 Å².